The minimum absolute atomic E-state index is 0.0476. The molecule has 1 aromatic carbocycles. The van der Waals surface area contributed by atoms with E-state index >= 15 is 0 Å². The standard InChI is InChI=1S/C14H17N3O3/c1-4-20-10-6-5-9(7-8(10)2)11-12(14(18)19)16-17(3)13(11)15/h5-7H,4,15H2,1-3H3,(H,18,19). The number of nitrogens with two attached hydrogens (primary N) is 1. The van der Waals surface area contributed by atoms with Crippen LogP contribution in [0.3, 0.4) is 0 Å². The molecule has 2 aromatic rings. The minimum Gasteiger partial charge on any atom is -0.494 e. The smallest absolute Gasteiger partial charge is 0.357 e. The van der Waals surface area contributed by atoms with Crippen LogP contribution in [0.15, 0.2) is 18.2 Å². The number of carbonyl (C=O) groups is 1. The monoisotopic (exact) mass is 275 g/mol. The van der Waals surface area contributed by atoms with E-state index in [0.717, 1.165) is 11.3 Å². The van der Waals surface area contributed by atoms with Gasteiger partial charge in [-0.1, -0.05) is 6.07 Å². The Balaban J connectivity index is 2.57. The summed E-state index contributed by atoms with van der Waals surface area (Å²) in [6.45, 7) is 4.39. The third-order valence-electron chi connectivity index (χ3n) is 3.06. The van der Waals surface area contributed by atoms with Gasteiger partial charge in [0.15, 0.2) is 5.69 Å². The number of nitrogens with zero attached hydrogens (tertiary/aromatic N) is 2. The van der Waals surface area contributed by atoms with Gasteiger partial charge in [-0.05, 0) is 37.1 Å². The Kier molecular flexibility index (Phi) is 3.65. The van der Waals surface area contributed by atoms with Crippen LogP contribution in [0.25, 0.3) is 11.1 Å². The molecule has 6 heteroatoms. The zero-order valence-electron chi connectivity index (χ0n) is 11.7. The maximum Gasteiger partial charge on any atom is 0.357 e. The molecule has 1 aromatic heterocycles. The summed E-state index contributed by atoms with van der Waals surface area (Å²) in [5.41, 5.74) is 7.95. The Morgan fingerprint density at radius 1 is 1.50 bits per heavy atom. The molecule has 0 fully saturated rings. The lowest BCUT2D eigenvalue weighted by Gasteiger charge is -2.09. The second kappa shape index (κ2) is 5.24. The SMILES string of the molecule is CCOc1ccc(-c2c(C(=O)O)nn(C)c2N)cc1C. The zero-order valence-corrected chi connectivity index (χ0v) is 11.7. The molecule has 1 heterocycles. The van der Waals surface area contributed by atoms with Crippen molar-refractivity contribution in [2.45, 2.75) is 13.8 Å². The third kappa shape index (κ3) is 2.32. The molecule has 2 rings (SSSR count). The van der Waals surface area contributed by atoms with Gasteiger partial charge in [0.25, 0.3) is 0 Å². The van der Waals surface area contributed by atoms with Crippen LogP contribution in [-0.2, 0) is 7.05 Å². The number of carboxylic acid groups (broad SMARTS) is 1. The van der Waals surface area contributed by atoms with E-state index in [1.807, 2.05) is 26.0 Å². The van der Waals surface area contributed by atoms with E-state index in [2.05, 4.69) is 5.10 Å². The average Bonchev–Trinajstić information content (AvgIpc) is 2.69. The predicted molar refractivity (Wildman–Crippen MR) is 75.9 cm³/mol. The van der Waals surface area contributed by atoms with Crippen LogP contribution in [0.5, 0.6) is 5.75 Å². The molecule has 0 aliphatic carbocycles. The zero-order chi connectivity index (χ0) is 14.9. The van der Waals surface area contributed by atoms with Crippen molar-refractivity contribution in [3.8, 4) is 16.9 Å². The minimum atomic E-state index is -1.10. The predicted octanol–water partition coefficient (Wildman–Crippen LogP) is 2.07. The van der Waals surface area contributed by atoms with Crippen LogP contribution in [-0.4, -0.2) is 27.5 Å². The van der Waals surface area contributed by atoms with E-state index in [1.54, 1.807) is 13.1 Å². The van der Waals surface area contributed by atoms with Crippen molar-refractivity contribution in [1.82, 2.24) is 9.78 Å². The highest BCUT2D eigenvalue weighted by Crippen LogP contribution is 2.32. The molecule has 0 bridgehead atoms. The van der Waals surface area contributed by atoms with Gasteiger partial charge in [0.1, 0.15) is 11.6 Å². The van der Waals surface area contributed by atoms with Gasteiger partial charge in [0.05, 0.1) is 12.2 Å². The second-order valence-electron chi connectivity index (χ2n) is 4.45. The van der Waals surface area contributed by atoms with Crippen LogP contribution >= 0.6 is 0 Å². The fraction of sp³-hybridized carbons (Fsp3) is 0.286. The van der Waals surface area contributed by atoms with E-state index in [0.29, 0.717) is 23.6 Å². The van der Waals surface area contributed by atoms with Crippen LogP contribution in [0, 0.1) is 6.92 Å². The first-order valence-corrected chi connectivity index (χ1v) is 6.25. The highest BCUT2D eigenvalue weighted by atomic mass is 16.5. The summed E-state index contributed by atoms with van der Waals surface area (Å²) in [4.78, 5) is 11.3. The normalized spacial score (nSPS) is 10.6. The summed E-state index contributed by atoms with van der Waals surface area (Å²) in [5, 5.41) is 13.2. The first-order valence-electron chi connectivity index (χ1n) is 6.25. The van der Waals surface area contributed by atoms with Crippen molar-refractivity contribution < 1.29 is 14.6 Å². The third-order valence-corrected chi connectivity index (χ3v) is 3.06. The summed E-state index contributed by atoms with van der Waals surface area (Å²) in [6, 6.07) is 5.45. The topological polar surface area (TPSA) is 90.4 Å². The number of ether oxygens (including phenoxy) is 1. The number of aryl methyl sites for hydroxylation is 2. The maximum absolute atomic E-state index is 11.3. The van der Waals surface area contributed by atoms with Crippen LogP contribution in [0.2, 0.25) is 0 Å². The van der Waals surface area contributed by atoms with Crippen molar-refractivity contribution in [3.63, 3.8) is 0 Å². The van der Waals surface area contributed by atoms with Gasteiger partial charge in [-0.25, -0.2) is 4.79 Å². The molecule has 0 amide bonds. The van der Waals surface area contributed by atoms with Crippen molar-refractivity contribution in [1.29, 1.82) is 0 Å². The lowest BCUT2D eigenvalue weighted by Crippen LogP contribution is -2.00. The fourth-order valence-electron chi connectivity index (χ4n) is 2.09. The highest BCUT2D eigenvalue weighted by Gasteiger charge is 2.21. The first kappa shape index (κ1) is 13.9. The fourth-order valence-corrected chi connectivity index (χ4v) is 2.09. The van der Waals surface area contributed by atoms with E-state index in [9.17, 15) is 9.90 Å². The molecule has 0 saturated carbocycles. The van der Waals surface area contributed by atoms with Crippen molar-refractivity contribution in [2.24, 2.45) is 7.05 Å². The second-order valence-corrected chi connectivity index (χ2v) is 4.45. The largest absolute Gasteiger partial charge is 0.494 e. The quantitative estimate of drug-likeness (QED) is 0.891. The van der Waals surface area contributed by atoms with Gasteiger partial charge < -0.3 is 15.6 Å². The van der Waals surface area contributed by atoms with Crippen LogP contribution in [0.4, 0.5) is 5.82 Å². The van der Waals surface area contributed by atoms with Crippen molar-refractivity contribution >= 4 is 11.8 Å². The Morgan fingerprint density at radius 3 is 2.75 bits per heavy atom. The van der Waals surface area contributed by atoms with E-state index in [-0.39, 0.29) is 5.69 Å². The lowest BCUT2D eigenvalue weighted by molar-refractivity contribution is 0.0690. The molecule has 0 unspecified atom stereocenters. The summed E-state index contributed by atoms with van der Waals surface area (Å²) in [5.74, 6) is 0.000356. The Morgan fingerprint density at radius 2 is 2.20 bits per heavy atom. The number of benzene rings is 1. The Labute approximate surface area is 116 Å². The van der Waals surface area contributed by atoms with E-state index < -0.39 is 5.97 Å². The Bertz CT molecular complexity index is 662. The molecule has 0 spiro atoms. The van der Waals surface area contributed by atoms with Gasteiger partial charge in [-0.3, -0.25) is 4.68 Å². The highest BCUT2D eigenvalue weighted by molar-refractivity contribution is 5.97. The number of hydrogen-bond acceptors (Lipinski definition) is 4. The first-order chi connectivity index (χ1) is 9.45. The van der Waals surface area contributed by atoms with E-state index in [1.165, 1.54) is 4.68 Å². The average molecular weight is 275 g/mol. The lowest BCUT2D eigenvalue weighted by atomic mass is 10.0. The van der Waals surface area contributed by atoms with Gasteiger partial charge in [-0.2, -0.15) is 5.10 Å². The molecule has 0 saturated heterocycles. The van der Waals surface area contributed by atoms with Crippen LogP contribution < -0.4 is 10.5 Å². The summed E-state index contributed by atoms with van der Waals surface area (Å²) in [7, 11) is 1.62. The molecular weight excluding hydrogens is 258 g/mol. The number of aromatic nitrogens is 2. The Hall–Kier alpha value is -2.50. The number of aromatic carboxylic acids is 1. The van der Waals surface area contributed by atoms with Gasteiger partial charge in [0.2, 0.25) is 0 Å². The molecule has 0 aliphatic rings. The van der Waals surface area contributed by atoms with Gasteiger partial charge in [0, 0.05) is 7.05 Å². The molecule has 0 atom stereocenters. The van der Waals surface area contributed by atoms with Crippen molar-refractivity contribution in [3.05, 3.63) is 29.5 Å². The summed E-state index contributed by atoms with van der Waals surface area (Å²) >= 11 is 0. The number of carboxylic acids is 1. The van der Waals surface area contributed by atoms with Gasteiger partial charge in [-0.15, -0.1) is 0 Å². The molecule has 3 N–H and O–H groups in total. The maximum atomic E-state index is 11.3. The molecule has 0 aliphatic heterocycles. The van der Waals surface area contributed by atoms with Crippen molar-refractivity contribution in [2.75, 3.05) is 12.3 Å². The van der Waals surface area contributed by atoms with Crippen LogP contribution in [0.1, 0.15) is 23.0 Å². The number of anilines is 1. The summed E-state index contributed by atoms with van der Waals surface area (Å²) < 4.78 is 6.84. The number of rotatable bonds is 4. The molecule has 6 nitrogen and oxygen atoms in total. The molecule has 20 heavy (non-hydrogen) atoms. The summed E-state index contributed by atoms with van der Waals surface area (Å²) in [6.07, 6.45) is 0. The van der Waals surface area contributed by atoms with E-state index in [4.69, 9.17) is 10.5 Å². The van der Waals surface area contributed by atoms with Gasteiger partial charge >= 0.3 is 5.97 Å². The molecule has 0 radical (unpaired) electrons. The number of hydrogen-bond donors (Lipinski definition) is 2. The molecular formula is C14H17N3O3. The number of nitrogen functional groups attached to an aromatic ring is 1. The molecule has 106 valence electrons.